The van der Waals surface area contributed by atoms with Crippen LogP contribution in [-0.2, 0) is 0 Å². The van der Waals surface area contributed by atoms with Crippen molar-refractivity contribution in [3.8, 4) is 5.75 Å². The molecular formula is C13H14N2O2S. The monoisotopic (exact) mass is 262 g/mol. The van der Waals surface area contributed by atoms with Crippen LogP contribution in [0, 0.1) is 0 Å². The van der Waals surface area contributed by atoms with E-state index in [1.165, 1.54) is 0 Å². The third-order valence-corrected chi connectivity index (χ3v) is 3.26. The summed E-state index contributed by atoms with van der Waals surface area (Å²) in [6.45, 7) is 0.00102. The Bertz CT molecular complexity index is 584. The molecule has 0 atom stereocenters. The van der Waals surface area contributed by atoms with E-state index in [0.29, 0.717) is 0 Å². The normalized spacial score (nSPS) is 11.3. The molecule has 0 saturated heterocycles. The highest BCUT2D eigenvalue weighted by Gasteiger charge is 2.08. The molecule has 2 rings (SSSR count). The number of thioether (sulfide) groups is 1. The molecule has 1 aromatic heterocycles. The highest BCUT2D eigenvalue weighted by atomic mass is 32.2. The van der Waals surface area contributed by atoms with Crippen molar-refractivity contribution >= 4 is 28.7 Å². The van der Waals surface area contributed by atoms with Gasteiger partial charge in [-0.25, -0.2) is 9.97 Å². The van der Waals surface area contributed by atoms with E-state index < -0.39 is 0 Å². The zero-order valence-corrected chi connectivity index (χ0v) is 11.1. The molecule has 94 valence electrons. The first kappa shape index (κ1) is 12.9. The topological polar surface area (TPSA) is 55.2 Å². The minimum atomic E-state index is 0.00102. The Labute approximate surface area is 110 Å². The summed E-state index contributed by atoms with van der Waals surface area (Å²) in [5, 5.41) is 10.7. The molecule has 5 heteroatoms. The van der Waals surface area contributed by atoms with Crippen molar-refractivity contribution < 1.29 is 9.84 Å². The molecule has 0 aliphatic carbocycles. The highest BCUT2D eigenvalue weighted by Crippen LogP contribution is 2.30. The second kappa shape index (κ2) is 5.84. The molecule has 1 heterocycles. The summed E-state index contributed by atoms with van der Waals surface area (Å²) >= 11 is 1.58. The number of aromatic nitrogens is 2. The third-order valence-electron chi connectivity index (χ3n) is 2.55. The lowest BCUT2D eigenvalue weighted by atomic mass is 10.1. The lowest BCUT2D eigenvalue weighted by molar-refractivity contribution is 0.343. The van der Waals surface area contributed by atoms with E-state index >= 15 is 0 Å². The van der Waals surface area contributed by atoms with Gasteiger partial charge >= 0.3 is 0 Å². The molecule has 0 spiro atoms. The Balaban J connectivity index is 2.64. The SMILES string of the molecule is COc1cc2c(SC)ncnc2cc1/C=C/CO. The van der Waals surface area contributed by atoms with Crippen LogP contribution in [-0.4, -0.2) is 35.0 Å². The first-order chi connectivity index (χ1) is 8.80. The number of ether oxygens (including phenoxy) is 1. The molecule has 1 aromatic carbocycles. The Morgan fingerprint density at radius 2 is 2.22 bits per heavy atom. The molecule has 0 amide bonds. The Hall–Kier alpha value is -1.59. The Morgan fingerprint density at radius 1 is 1.39 bits per heavy atom. The fraction of sp³-hybridized carbons (Fsp3) is 0.231. The van der Waals surface area contributed by atoms with Crippen LogP contribution in [0.5, 0.6) is 5.75 Å². The van der Waals surface area contributed by atoms with Crippen molar-refractivity contribution in [2.75, 3.05) is 20.0 Å². The van der Waals surface area contributed by atoms with Crippen LogP contribution in [0.3, 0.4) is 0 Å². The van der Waals surface area contributed by atoms with Crippen molar-refractivity contribution in [2.45, 2.75) is 5.03 Å². The second-order valence-electron chi connectivity index (χ2n) is 3.58. The van der Waals surface area contributed by atoms with Crippen LogP contribution in [0.4, 0.5) is 0 Å². The van der Waals surface area contributed by atoms with Gasteiger partial charge in [0.1, 0.15) is 17.1 Å². The zero-order chi connectivity index (χ0) is 13.0. The van der Waals surface area contributed by atoms with Crippen LogP contribution < -0.4 is 4.74 Å². The molecule has 4 nitrogen and oxygen atoms in total. The quantitative estimate of drug-likeness (QED) is 0.677. The van der Waals surface area contributed by atoms with Gasteiger partial charge in [-0.2, -0.15) is 0 Å². The number of nitrogens with zero attached hydrogens (tertiary/aromatic N) is 2. The summed E-state index contributed by atoms with van der Waals surface area (Å²) in [5.74, 6) is 0.748. The minimum absolute atomic E-state index is 0.00102. The van der Waals surface area contributed by atoms with Gasteiger partial charge in [0.2, 0.25) is 0 Å². The van der Waals surface area contributed by atoms with Crippen molar-refractivity contribution in [1.82, 2.24) is 9.97 Å². The van der Waals surface area contributed by atoms with E-state index in [-0.39, 0.29) is 6.61 Å². The van der Waals surface area contributed by atoms with E-state index in [1.807, 2.05) is 24.5 Å². The second-order valence-corrected chi connectivity index (χ2v) is 4.37. The van der Waals surface area contributed by atoms with Crippen LogP contribution in [0.1, 0.15) is 5.56 Å². The number of benzene rings is 1. The summed E-state index contributed by atoms with van der Waals surface area (Å²) < 4.78 is 5.35. The maximum Gasteiger partial charge on any atom is 0.126 e. The predicted molar refractivity (Wildman–Crippen MR) is 74.0 cm³/mol. The van der Waals surface area contributed by atoms with Gasteiger partial charge in [-0.3, -0.25) is 0 Å². The van der Waals surface area contributed by atoms with Crippen LogP contribution in [0.15, 0.2) is 29.6 Å². The molecule has 18 heavy (non-hydrogen) atoms. The third kappa shape index (κ3) is 2.47. The van der Waals surface area contributed by atoms with Crippen molar-refractivity contribution in [2.24, 2.45) is 0 Å². The zero-order valence-electron chi connectivity index (χ0n) is 10.3. The molecule has 0 aliphatic heterocycles. The van der Waals surface area contributed by atoms with Gasteiger partial charge in [0.15, 0.2) is 0 Å². The largest absolute Gasteiger partial charge is 0.496 e. The average Bonchev–Trinajstić information content (AvgIpc) is 2.43. The molecule has 0 aliphatic rings. The van der Waals surface area contributed by atoms with E-state index in [9.17, 15) is 0 Å². The summed E-state index contributed by atoms with van der Waals surface area (Å²) in [6, 6.07) is 3.86. The predicted octanol–water partition coefficient (Wildman–Crippen LogP) is 2.37. The number of hydrogen-bond acceptors (Lipinski definition) is 5. The maximum atomic E-state index is 8.83. The van der Waals surface area contributed by atoms with Gasteiger partial charge in [-0.05, 0) is 18.4 Å². The van der Waals surface area contributed by atoms with Gasteiger partial charge in [0.25, 0.3) is 0 Å². The number of methoxy groups -OCH3 is 1. The first-order valence-electron chi connectivity index (χ1n) is 5.44. The van der Waals surface area contributed by atoms with Gasteiger partial charge in [-0.15, -0.1) is 11.8 Å². The van der Waals surface area contributed by atoms with Gasteiger partial charge in [0.05, 0.1) is 19.2 Å². The summed E-state index contributed by atoms with van der Waals surface area (Å²) in [5.41, 5.74) is 1.76. The molecule has 0 unspecified atom stereocenters. The molecule has 0 bridgehead atoms. The first-order valence-corrected chi connectivity index (χ1v) is 6.66. The van der Waals surface area contributed by atoms with Crippen LogP contribution in [0.2, 0.25) is 0 Å². The maximum absolute atomic E-state index is 8.83. The summed E-state index contributed by atoms with van der Waals surface area (Å²) in [6.07, 6.45) is 7.02. The summed E-state index contributed by atoms with van der Waals surface area (Å²) in [4.78, 5) is 8.49. The number of fused-ring (bicyclic) bond motifs is 1. The van der Waals surface area contributed by atoms with Gasteiger partial charge in [-0.1, -0.05) is 12.2 Å². The van der Waals surface area contributed by atoms with E-state index in [0.717, 1.165) is 27.2 Å². The average molecular weight is 262 g/mol. The summed E-state index contributed by atoms with van der Waals surface area (Å²) in [7, 11) is 1.63. The molecule has 2 aromatic rings. The number of rotatable bonds is 4. The number of aliphatic hydroxyl groups excluding tert-OH is 1. The Kier molecular flexibility index (Phi) is 4.17. The highest BCUT2D eigenvalue weighted by molar-refractivity contribution is 7.98. The lowest BCUT2D eigenvalue weighted by Crippen LogP contribution is -1.92. The van der Waals surface area contributed by atoms with E-state index in [2.05, 4.69) is 9.97 Å². The number of hydrogen-bond donors (Lipinski definition) is 1. The van der Waals surface area contributed by atoms with Gasteiger partial charge < -0.3 is 9.84 Å². The minimum Gasteiger partial charge on any atom is -0.496 e. The fourth-order valence-electron chi connectivity index (χ4n) is 1.73. The van der Waals surface area contributed by atoms with Gasteiger partial charge in [0, 0.05) is 10.9 Å². The molecular weight excluding hydrogens is 248 g/mol. The smallest absolute Gasteiger partial charge is 0.126 e. The fourth-order valence-corrected chi connectivity index (χ4v) is 2.26. The van der Waals surface area contributed by atoms with Crippen LogP contribution >= 0.6 is 11.8 Å². The van der Waals surface area contributed by atoms with E-state index in [1.54, 1.807) is 31.3 Å². The molecule has 0 saturated carbocycles. The van der Waals surface area contributed by atoms with E-state index in [4.69, 9.17) is 9.84 Å². The van der Waals surface area contributed by atoms with Crippen molar-refractivity contribution in [1.29, 1.82) is 0 Å². The molecule has 0 radical (unpaired) electrons. The number of aliphatic hydroxyl groups is 1. The van der Waals surface area contributed by atoms with Crippen LogP contribution in [0.25, 0.3) is 17.0 Å². The Morgan fingerprint density at radius 3 is 2.89 bits per heavy atom. The standard InChI is InChI=1S/C13H14N2O2S/c1-17-12-7-10-11(6-9(12)4-3-5-16)14-8-15-13(10)18-2/h3-4,6-8,16H,5H2,1-2H3/b4-3+. The van der Waals surface area contributed by atoms with Crippen molar-refractivity contribution in [3.63, 3.8) is 0 Å². The molecule has 1 N–H and O–H groups in total. The molecule has 0 fully saturated rings. The lowest BCUT2D eigenvalue weighted by Gasteiger charge is -2.08. The van der Waals surface area contributed by atoms with Crippen molar-refractivity contribution in [3.05, 3.63) is 30.1 Å².